The lowest BCUT2D eigenvalue weighted by atomic mass is 9.91. The van der Waals surface area contributed by atoms with Crippen LogP contribution in [0.5, 0.6) is 11.5 Å². The summed E-state index contributed by atoms with van der Waals surface area (Å²) in [4.78, 5) is 12.5. The van der Waals surface area contributed by atoms with Crippen LogP contribution >= 0.6 is 0 Å². The van der Waals surface area contributed by atoms with Crippen LogP contribution in [0.4, 0.5) is 0 Å². The number of hydrogen-bond donors (Lipinski definition) is 2. The first kappa shape index (κ1) is 17.5. The molecule has 0 atom stereocenters. The van der Waals surface area contributed by atoms with E-state index in [-0.39, 0.29) is 5.91 Å². The molecule has 0 radical (unpaired) electrons. The van der Waals surface area contributed by atoms with Gasteiger partial charge in [-0.05, 0) is 55.8 Å². The van der Waals surface area contributed by atoms with E-state index in [2.05, 4.69) is 10.6 Å². The zero-order valence-corrected chi connectivity index (χ0v) is 14.5. The second-order valence-corrected chi connectivity index (χ2v) is 6.19. The molecule has 0 saturated carbocycles. The molecule has 2 aromatic rings. The summed E-state index contributed by atoms with van der Waals surface area (Å²) in [7, 11) is 1.61. The van der Waals surface area contributed by atoms with Gasteiger partial charge in [0, 0.05) is 13.7 Å². The highest BCUT2D eigenvalue weighted by Gasteiger charge is 2.39. The van der Waals surface area contributed by atoms with Gasteiger partial charge in [0.1, 0.15) is 17.1 Å². The SMILES string of the molecule is COC1(C(=O)NCc2ccc(Oc3ccccc3)cc2)CCNCC1. The molecule has 2 N–H and O–H groups in total. The molecule has 5 heteroatoms. The second kappa shape index (κ2) is 8.14. The molecule has 2 aromatic carbocycles. The fourth-order valence-electron chi connectivity index (χ4n) is 3.00. The molecule has 0 unspecified atom stereocenters. The topological polar surface area (TPSA) is 59.6 Å². The monoisotopic (exact) mass is 340 g/mol. The van der Waals surface area contributed by atoms with E-state index >= 15 is 0 Å². The summed E-state index contributed by atoms with van der Waals surface area (Å²) in [6.07, 6.45) is 1.39. The average molecular weight is 340 g/mol. The first-order valence-corrected chi connectivity index (χ1v) is 8.58. The number of amides is 1. The third-order valence-electron chi connectivity index (χ3n) is 4.57. The largest absolute Gasteiger partial charge is 0.457 e. The molecule has 1 fully saturated rings. The van der Waals surface area contributed by atoms with Crippen molar-refractivity contribution in [1.29, 1.82) is 0 Å². The van der Waals surface area contributed by atoms with Gasteiger partial charge in [0.25, 0.3) is 5.91 Å². The first-order valence-electron chi connectivity index (χ1n) is 8.58. The fraction of sp³-hybridized carbons (Fsp3) is 0.350. The van der Waals surface area contributed by atoms with Gasteiger partial charge in [-0.3, -0.25) is 4.79 Å². The van der Waals surface area contributed by atoms with Crippen LogP contribution in [0.1, 0.15) is 18.4 Å². The lowest BCUT2D eigenvalue weighted by Crippen LogP contribution is -2.53. The molecule has 1 aliphatic heterocycles. The molecule has 1 amide bonds. The predicted molar refractivity (Wildman–Crippen MR) is 96.6 cm³/mol. The van der Waals surface area contributed by atoms with Gasteiger partial charge in [-0.1, -0.05) is 30.3 Å². The lowest BCUT2D eigenvalue weighted by molar-refractivity contribution is -0.146. The highest BCUT2D eigenvalue weighted by molar-refractivity contribution is 5.85. The molecule has 132 valence electrons. The van der Waals surface area contributed by atoms with E-state index < -0.39 is 5.60 Å². The van der Waals surface area contributed by atoms with Crippen molar-refractivity contribution in [1.82, 2.24) is 10.6 Å². The van der Waals surface area contributed by atoms with E-state index in [0.29, 0.717) is 19.4 Å². The number of piperidine rings is 1. The van der Waals surface area contributed by atoms with Gasteiger partial charge in [-0.25, -0.2) is 0 Å². The number of nitrogens with one attached hydrogen (secondary N) is 2. The van der Waals surface area contributed by atoms with Gasteiger partial charge in [0.05, 0.1) is 0 Å². The van der Waals surface area contributed by atoms with Gasteiger partial charge >= 0.3 is 0 Å². The quantitative estimate of drug-likeness (QED) is 0.849. The Kier molecular flexibility index (Phi) is 5.68. The summed E-state index contributed by atoms with van der Waals surface area (Å²) in [6.45, 7) is 2.07. The molecule has 1 saturated heterocycles. The number of ether oxygens (including phenoxy) is 2. The minimum Gasteiger partial charge on any atom is -0.457 e. The predicted octanol–water partition coefficient (Wildman–Crippen LogP) is 2.86. The number of para-hydroxylation sites is 1. The fourth-order valence-corrected chi connectivity index (χ4v) is 3.00. The van der Waals surface area contributed by atoms with Crippen LogP contribution in [0.25, 0.3) is 0 Å². The van der Waals surface area contributed by atoms with Crippen molar-refractivity contribution in [2.45, 2.75) is 25.0 Å². The lowest BCUT2D eigenvalue weighted by Gasteiger charge is -2.34. The van der Waals surface area contributed by atoms with E-state index in [0.717, 1.165) is 30.2 Å². The Hall–Kier alpha value is -2.37. The smallest absolute Gasteiger partial charge is 0.252 e. The molecule has 1 aliphatic rings. The maximum absolute atomic E-state index is 12.5. The molecule has 25 heavy (non-hydrogen) atoms. The Bertz CT molecular complexity index is 680. The van der Waals surface area contributed by atoms with E-state index in [9.17, 15) is 4.79 Å². The van der Waals surface area contributed by atoms with E-state index in [1.54, 1.807) is 7.11 Å². The summed E-state index contributed by atoms with van der Waals surface area (Å²) in [5.41, 5.74) is 0.315. The molecular weight excluding hydrogens is 316 g/mol. The van der Waals surface area contributed by atoms with Crippen LogP contribution in [0, 0.1) is 0 Å². The highest BCUT2D eigenvalue weighted by Crippen LogP contribution is 2.23. The summed E-state index contributed by atoms with van der Waals surface area (Å²) in [5, 5.41) is 6.25. The normalized spacial score (nSPS) is 16.2. The van der Waals surface area contributed by atoms with Gasteiger partial charge in [0.15, 0.2) is 0 Å². The third-order valence-corrected chi connectivity index (χ3v) is 4.57. The molecular formula is C20H24N2O3. The summed E-state index contributed by atoms with van der Waals surface area (Å²) >= 11 is 0. The van der Waals surface area contributed by atoms with E-state index in [4.69, 9.17) is 9.47 Å². The number of hydrogen-bond acceptors (Lipinski definition) is 4. The van der Waals surface area contributed by atoms with Crippen molar-refractivity contribution in [3.05, 3.63) is 60.2 Å². The van der Waals surface area contributed by atoms with E-state index in [1.165, 1.54) is 0 Å². The Balaban J connectivity index is 1.55. The molecule has 0 bridgehead atoms. The van der Waals surface area contributed by atoms with Crippen LogP contribution in [-0.2, 0) is 16.1 Å². The van der Waals surface area contributed by atoms with Crippen molar-refractivity contribution in [3.8, 4) is 11.5 Å². The number of carbonyl (C=O) groups excluding carboxylic acids is 1. The average Bonchev–Trinajstić information content (AvgIpc) is 2.68. The third kappa shape index (κ3) is 4.38. The number of benzene rings is 2. The maximum atomic E-state index is 12.5. The summed E-state index contributed by atoms with van der Waals surface area (Å²) in [5.74, 6) is 1.53. The van der Waals surface area contributed by atoms with Crippen molar-refractivity contribution < 1.29 is 14.3 Å². The maximum Gasteiger partial charge on any atom is 0.252 e. The Labute approximate surface area is 148 Å². The van der Waals surface area contributed by atoms with Gasteiger partial charge in [-0.15, -0.1) is 0 Å². The number of rotatable bonds is 6. The number of carbonyl (C=O) groups is 1. The van der Waals surface area contributed by atoms with Crippen LogP contribution in [-0.4, -0.2) is 31.7 Å². The Morgan fingerprint density at radius 2 is 1.68 bits per heavy atom. The molecule has 0 aliphatic carbocycles. The van der Waals surface area contributed by atoms with Crippen LogP contribution in [0.15, 0.2) is 54.6 Å². The minimum absolute atomic E-state index is 0.0406. The van der Waals surface area contributed by atoms with E-state index in [1.807, 2.05) is 54.6 Å². The van der Waals surface area contributed by atoms with Crippen molar-refractivity contribution in [2.24, 2.45) is 0 Å². The molecule has 0 spiro atoms. The zero-order chi connectivity index (χ0) is 17.5. The standard InChI is InChI=1S/C20H24N2O3/c1-24-20(11-13-21-14-12-20)19(23)22-15-16-7-9-18(10-8-16)25-17-5-3-2-4-6-17/h2-10,21H,11-15H2,1H3,(H,22,23). The molecule has 0 aromatic heterocycles. The Morgan fingerprint density at radius 1 is 1.04 bits per heavy atom. The molecule has 5 nitrogen and oxygen atoms in total. The van der Waals surface area contributed by atoms with Gasteiger partial charge in [-0.2, -0.15) is 0 Å². The molecule has 1 heterocycles. The number of methoxy groups -OCH3 is 1. The summed E-state index contributed by atoms with van der Waals surface area (Å²) < 4.78 is 11.3. The van der Waals surface area contributed by atoms with Crippen LogP contribution in [0.2, 0.25) is 0 Å². The van der Waals surface area contributed by atoms with Crippen molar-refractivity contribution >= 4 is 5.91 Å². The van der Waals surface area contributed by atoms with Crippen molar-refractivity contribution in [3.63, 3.8) is 0 Å². The second-order valence-electron chi connectivity index (χ2n) is 6.19. The first-order chi connectivity index (χ1) is 12.2. The van der Waals surface area contributed by atoms with Gasteiger partial charge in [0.2, 0.25) is 0 Å². The highest BCUT2D eigenvalue weighted by atomic mass is 16.5. The zero-order valence-electron chi connectivity index (χ0n) is 14.5. The minimum atomic E-state index is -0.707. The van der Waals surface area contributed by atoms with Gasteiger partial charge < -0.3 is 20.1 Å². The van der Waals surface area contributed by atoms with Crippen LogP contribution < -0.4 is 15.4 Å². The molecule has 3 rings (SSSR count). The van der Waals surface area contributed by atoms with Crippen molar-refractivity contribution in [2.75, 3.05) is 20.2 Å². The van der Waals surface area contributed by atoms with Crippen LogP contribution in [0.3, 0.4) is 0 Å². The Morgan fingerprint density at radius 3 is 2.32 bits per heavy atom. The summed E-state index contributed by atoms with van der Waals surface area (Å²) in [6, 6.07) is 17.4.